The fourth-order valence-corrected chi connectivity index (χ4v) is 4.36. The van der Waals surface area contributed by atoms with Crippen LogP contribution in [0.25, 0.3) is 10.2 Å². The fourth-order valence-electron chi connectivity index (χ4n) is 3.44. The number of para-hydroxylation sites is 2. The molecule has 2 heterocycles. The van der Waals surface area contributed by atoms with Crippen LogP contribution in [0, 0.1) is 0 Å². The van der Waals surface area contributed by atoms with Crippen LogP contribution >= 0.6 is 11.3 Å². The fraction of sp³-hybridized carbons (Fsp3) is 0.273. The van der Waals surface area contributed by atoms with E-state index in [4.69, 9.17) is 4.74 Å². The van der Waals surface area contributed by atoms with Crippen LogP contribution in [-0.2, 0) is 14.4 Å². The first kappa shape index (κ1) is 20.8. The predicted molar refractivity (Wildman–Crippen MR) is 121 cm³/mol. The highest BCUT2D eigenvalue weighted by Crippen LogP contribution is 2.34. The lowest BCUT2D eigenvalue weighted by Gasteiger charge is -2.34. The van der Waals surface area contributed by atoms with E-state index < -0.39 is 6.04 Å². The van der Waals surface area contributed by atoms with Crippen molar-refractivity contribution in [1.82, 2.24) is 4.98 Å². The molecule has 1 atom stereocenters. The lowest BCUT2D eigenvalue weighted by atomic mass is 10.1. The van der Waals surface area contributed by atoms with E-state index in [2.05, 4.69) is 15.6 Å². The number of hydrogen-bond donors (Lipinski definition) is 2. The molecule has 0 saturated carbocycles. The average Bonchev–Trinajstić information content (AvgIpc) is 3.17. The van der Waals surface area contributed by atoms with Crippen molar-refractivity contribution >= 4 is 55.8 Å². The van der Waals surface area contributed by atoms with Crippen LogP contribution in [0.15, 0.2) is 42.5 Å². The Labute approximate surface area is 183 Å². The van der Waals surface area contributed by atoms with Crippen molar-refractivity contribution in [2.75, 3.05) is 22.1 Å². The Morgan fingerprint density at radius 2 is 2.00 bits per heavy atom. The molecule has 0 saturated heterocycles. The number of aromatic nitrogens is 1. The second-order valence-corrected chi connectivity index (χ2v) is 8.07. The minimum atomic E-state index is -0.672. The predicted octanol–water partition coefficient (Wildman–Crippen LogP) is 3.79. The third-order valence-electron chi connectivity index (χ3n) is 4.97. The minimum absolute atomic E-state index is 0.0973. The number of carbonyl (C=O) groups is 3. The van der Waals surface area contributed by atoms with Crippen molar-refractivity contribution in [3.05, 3.63) is 42.5 Å². The van der Waals surface area contributed by atoms with Crippen molar-refractivity contribution < 1.29 is 19.1 Å². The van der Waals surface area contributed by atoms with Crippen molar-refractivity contribution in [3.8, 4) is 5.75 Å². The van der Waals surface area contributed by atoms with Crippen LogP contribution < -0.4 is 20.3 Å². The van der Waals surface area contributed by atoms with E-state index in [9.17, 15) is 14.4 Å². The van der Waals surface area contributed by atoms with Gasteiger partial charge in [-0.2, -0.15) is 0 Å². The summed E-state index contributed by atoms with van der Waals surface area (Å²) in [6.45, 7) is 3.54. The van der Waals surface area contributed by atoms with E-state index in [1.807, 2.05) is 25.1 Å². The third-order valence-corrected chi connectivity index (χ3v) is 5.90. The highest BCUT2D eigenvalue weighted by Gasteiger charge is 2.34. The zero-order valence-electron chi connectivity index (χ0n) is 17.2. The van der Waals surface area contributed by atoms with Gasteiger partial charge < -0.3 is 15.4 Å². The molecule has 2 N–H and O–H groups in total. The molecule has 0 fully saturated rings. The number of nitrogens with zero attached hydrogens (tertiary/aromatic N) is 2. The zero-order valence-corrected chi connectivity index (χ0v) is 18.0. The molecule has 1 aliphatic rings. The second-order valence-electron chi connectivity index (χ2n) is 7.04. The van der Waals surface area contributed by atoms with Crippen LogP contribution in [0.2, 0.25) is 0 Å². The number of nitrogens with one attached hydrogen (secondary N) is 2. The molecule has 0 radical (unpaired) electrons. The van der Waals surface area contributed by atoms with E-state index >= 15 is 0 Å². The maximum Gasteiger partial charge on any atom is 0.265 e. The Morgan fingerprint density at radius 1 is 1.19 bits per heavy atom. The van der Waals surface area contributed by atoms with Gasteiger partial charge in [-0.15, -0.1) is 0 Å². The van der Waals surface area contributed by atoms with Gasteiger partial charge in [-0.25, -0.2) is 4.98 Å². The maximum absolute atomic E-state index is 13.1. The van der Waals surface area contributed by atoms with Crippen molar-refractivity contribution in [1.29, 1.82) is 0 Å². The largest absolute Gasteiger partial charge is 0.482 e. The van der Waals surface area contributed by atoms with Gasteiger partial charge in [0.1, 0.15) is 11.8 Å². The van der Waals surface area contributed by atoms with E-state index in [0.717, 1.165) is 10.2 Å². The quantitative estimate of drug-likeness (QED) is 0.610. The molecule has 3 aromatic rings. The Kier molecular flexibility index (Phi) is 5.85. The number of amides is 3. The van der Waals surface area contributed by atoms with Crippen LogP contribution in [0.3, 0.4) is 0 Å². The van der Waals surface area contributed by atoms with E-state index in [0.29, 0.717) is 35.1 Å². The standard InChI is InChI=1S/C22H22N4O4S/c1-3-15(26-16-7-5-6-8-17(16)30-12-20(26)28)21(29)23-13-9-10-14-18(11-13)31-22(24-14)25-19(27)4-2/h5-11,15H,3-4,12H2,1-2H3,(H,23,29)(H,24,25,27). The number of anilines is 3. The molecule has 4 rings (SSSR count). The minimum Gasteiger partial charge on any atom is -0.482 e. The third kappa shape index (κ3) is 4.22. The van der Waals surface area contributed by atoms with E-state index in [1.54, 1.807) is 31.2 Å². The number of thiazole rings is 1. The summed E-state index contributed by atoms with van der Waals surface area (Å²) in [5, 5.41) is 6.18. The van der Waals surface area contributed by atoms with Crippen molar-refractivity contribution in [2.24, 2.45) is 0 Å². The number of hydrogen-bond acceptors (Lipinski definition) is 6. The zero-order chi connectivity index (χ0) is 22.0. The van der Waals surface area contributed by atoms with Crippen LogP contribution in [-0.4, -0.2) is 35.4 Å². The topological polar surface area (TPSA) is 101 Å². The van der Waals surface area contributed by atoms with Crippen LogP contribution in [0.5, 0.6) is 5.75 Å². The summed E-state index contributed by atoms with van der Waals surface area (Å²) >= 11 is 1.34. The lowest BCUT2D eigenvalue weighted by Crippen LogP contribution is -2.50. The SMILES string of the molecule is CCC(=O)Nc1nc2ccc(NC(=O)C(CC)N3C(=O)COc4ccccc43)cc2s1. The summed E-state index contributed by atoms with van der Waals surface area (Å²) in [6.07, 6.45) is 0.820. The number of ether oxygens (including phenoxy) is 1. The van der Waals surface area contributed by atoms with Gasteiger partial charge in [-0.1, -0.05) is 37.3 Å². The highest BCUT2D eigenvalue weighted by molar-refractivity contribution is 7.22. The molecular formula is C22H22N4O4S. The van der Waals surface area contributed by atoms with Crippen molar-refractivity contribution in [2.45, 2.75) is 32.7 Å². The number of fused-ring (bicyclic) bond motifs is 2. The Hall–Kier alpha value is -3.46. The molecule has 8 nitrogen and oxygen atoms in total. The molecule has 1 aromatic heterocycles. The normalized spacial score (nSPS) is 14.0. The molecule has 1 aliphatic heterocycles. The number of rotatable bonds is 6. The lowest BCUT2D eigenvalue weighted by molar-refractivity contribution is -0.125. The summed E-state index contributed by atoms with van der Waals surface area (Å²) in [6, 6.07) is 11.9. The Bertz CT molecular complexity index is 1160. The molecule has 0 aliphatic carbocycles. The summed E-state index contributed by atoms with van der Waals surface area (Å²) in [4.78, 5) is 43.2. The smallest absolute Gasteiger partial charge is 0.265 e. The molecule has 1 unspecified atom stereocenters. The van der Waals surface area contributed by atoms with Gasteiger partial charge in [0.25, 0.3) is 5.91 Å². The summed E-state index contributed by atoms with van der Waals surface area (Å²) < 4.78 is 6.32. The van der Waals surface area contributed by atoms with Gasteiger partial charge in [-0.3, -0.25) is 19.3 Å². The first-order valence-corrected chi connectivity index (χ1v) is 10.9. The van der Waals surface area contributed by atoms with Gasteiger partial charge >= 0.3 is 0 Å². The average molecular weight is 439 g/mol. The molecular weight excluding hydrogens is 416 g/mol. The maximum atomic E-state index is 13.1. The molecule has 9 heteroatoms. The monoisotopic (exact) mass is 438 g/mol. The van der Waals surface area contributed by atoms with Crippen LogP contribution in [0.4, 0.5) is 16.5 Å². The van der Waals surface area contributed by atoms with Gasteiger partial charge in [0, 0.05) is 12.1 Å². The molecule has 160 valence electrons. The van der Waals surface area contributed by atoms with E-state index in [1.165, 1.54) is 16.2 Å². The highest BCUT2D eigenvalue weighted by atomic mass is 32.1. The molecule has 31 heavy (non-hydrogen) atoms. The summed E-state index contributed by atoms with van der Waals surface area (Å²) in [5.41, 5.74) is 1.93. The number of benzene rings is 2. The molecule has 3 amide bonds. The van der Waals surface area contributed by atoms with Crippen LogP contribution in [0.1, 0.15) is 26.7 Å². The summed E-state index contributed by atoms with van der Waals surface area (Å²) in [7, 11) is 0. The molecule has 0 spiro atoms. The van der Waals surface area contributed by atoms with E-state index in [-0.39, 0.29) is 24.3 Å². The van der Waals surface area contributed by atoms with Crippen molar-refractivity contribution in [3.63, 3.8) is 0 Å². The Morgan fingerprint density at radius 3 is 2.77 bits per heavy atom. The van der Waals surface area contributed by atoms with Gasteiger partial charge in [-0.05, 0) is 36.8 Å². The number of carbonyl (C=O) groups excluding carboxylic acids is 3. The molecule has 0 bridgehead atoms. The van der Waals surface area contributed by atoms with Gasteiger partial charge in [0.05, 0.1) is 15.9 Å². The Balaban J connectivity index is 1.56. The summed E-state index contributed by atoms with van der Waals surface area (Å²) in [5.74, 6) is -0.0549. The molecule has 2 aromatic carbocycles. The first-order valence-electron chi connectivity index (χ1n) is 10.0. The van der Waals surface area contributed by atoms with Gasteiger partial charge in [0.2, 0.25) is 11.8 Å². The van der Waals surface area contributed by atoms with Gasteiger partial charge in [0.15, 0.2) is 11.7 Å². The second kappa shape index (κ2) is 8.73. The first-order chi connectivity index (χ1) is 15.0.